The van der Waals surface area contributed by atoms with Crippen molar-refractivity contribution in [2.45, 2.75) is 44.2 Å². The molecule has 2 fully saturated rings. The zero-order valence-electron chi connectivity index (χ0n) is 13.1. The third kappa shape index (κ3) is 3.29. The summed E-state index contributed by atoms with van der Waals surface area (Å²) in [7, 11) is 0. The van der Waals surface area contributed by atoms with Crippen molar-refractivity contribution in [1.29, 1.82) is 0 Å². The lowest BCUT2D eigenvalue weighted by Gasteiger charge is -2.28. The smallest absolute Gasteiger partial charge is 0.224 e. The van der Waals surface area contributed by atoms with Crippen LogP contribution in [-0.4, -0.2) is 27.8 Å². The molecule has 1 amide bonds. The molecule has 1 aromatic carbocycles. The molecule has 2 atom stereocenters. The number of para-hydroxylation sites is 1. The molecular formula is C18H22N4O. The predicted octanol–water partition coefficient (Wildman–Crippen LogP) is 2.73. The van der Waals surface area contributed by atoms with Crippen LogP contribution in [0.5, 0.6) is 0 Å². The van der Waals surface area contributed by atoms with Gasteiger partial charge in [-0.3, -0.25) is 4.79 Å². The summed E-state index contributed by atoms with van der Waals surface area (Å²) in [6, 6.07) is 11.2. The number of hydrogen-bond donors (Lipinski definition) is 2. The maximum absolute atomic E-state index is 12.3. The molecule has 0 spiro atoms. The molecule has 3 heterocycles. The van der Waals surface area contributed by atoms with E-state index in [-0.39, 0.29) is 5.91 Å². The van der Waals surface area contributed by atoms with Crippen molar-refractivity contribution in [3.63, 3.8) is 0 Å². The van der Waals surface area contributed by atoms with E-state index in [1.54, 1.807) is 10.9 Å². The normalized spacial score (nSPS) is 26.2. The van der Waals surface area contributed by atoms with E-state index in [0.717, 1.165) is 24.2 Å². The highest BCUT2D eigenvalue weighted by Gasteiger charge is 2.34. The molecule has 5 heteroatoms. The quantitative estimate of drug-likeness (QED) is 0.913. The summed E-state index contributed by atoms with van der Waals surface area (Å²) >= 11 is 0. The number of nitrogens with one attached hydrogen (secondary N) is 2. The van der Waals surface area contributed by atoms with Crippen LogP contribution in [0.15, 0.2) is 42.7 Å². The number of hydrogen-bond acceptors (Lipinski definition) is 3. The Balaban J connectivity index is 1.35. The number of rotatable bonds is 4. The molecule has 4 rings (SSSR count). The van der Waals surface area contributed by atoms with Crippen molar-refractivity contribution in [2.75, 3.05) is 5.32 Å². The van der Waals surface area contributed by atoms with Crippen molar-refractivity contribution < 1.29 is 4.79 Å². The fourth-order valence-electron chi connectivity index (χ4n) is 3.93. The fourth-order valence-corrected chi connectivity index (χ4v) is 3.93. The lowest BCUT2D eigenvalue weighted by Crippen LogP contribution is -2.39. The van der Waals surface area contributed by atoms with Crippen LogP contribution in [0.1, 0.15) is 32.1 Å². The Labute approximate surface area is 136 Å². The maximum Gasteiger partial charge on any atom is 0.224 e. The second-order valence-electron chi connectivity index (χ2n) is 6.74. The van der Waals surface area contributed by atoms with Gasteiger partial charge in [0, 0.05) is 18.5 Å². The van der Waals surface area contributed by atoms with Gasteiger partial charge in [0.25, 0.3) is 0 Å². The number of benzene rings is 1. The number of amides is 1. The first-order valence-corrected chi connectivity index (χ1v) is 8.42. The van der Waals surface area contributed by atoms with E-state index in [1.807, 2.05) is 36.5 Å². The molecule has 2 aliphatic rings. The summed E-state index contributed by atoms with van der Waals surface area (Å²) in [4.78, 5) is 12.3. The highest BCUT2D eigenvalue weighted by Crippen LogP contribution is 2.32. The number of anilines is 1. The van der Waals surface area contributed by atoms with Gasteiger partial charge in [0.05, 0.1) is 23.8 Å². The van der Waals surface area contributed by atoms with Gasteiger partial charge in [0.15, 0.2) is 0 Å². The molecule has 2 bridgehead atoms. The minimum absolute atomic E-state index is 0.101. The van der Waals surface area contributed by atoms with E-state index in [9.17, 15) is 4.79 Å². The van der Waals surface area contributed by atoms with E-state index >= 15 is 0 Å². The van der Waals surface area contributed by atoms with Crippen molar-refractivity contribution in [1.82, 2.24) is 15.1 Å². The van der Waals surface area contributed by atoms with Gasteiger partial charge in [-0.1, -0.05) is 18.2 Å². The fraction of sp³-hybridized carbons (Fsp3) is 0.444. The number of carbonyl (C=O) groups excluding carboxylic acids is 1. The average Bonchev–Trinajstić information content (AvgIpc) is 3.15. The topological polar surface area (TPSA) is 59.0 Å². The zero-order valence-corrected chi connectivity index (χ0v) is 13.1. The summed E-state index contributed by atoms with van der Waals surface area (Å²) in [5.74, 6) is 0.613. The second-order valence-corrected chi connectivity index (χ2v) is 6.74. The molecule has 2 unspecified atom stereocenters. The van der Waals surface area contributed by atoms with E-state index in [4.69, 9.17) is 0 Å². The number of aromatic nitrogens is 2. The number of nitrogens with zero attached hydrogens (tertiary/aromatic N) is 2. The molecule has 5 nitrogen and oxygen atoms in total. The van der Waals surface area contributed by atoms with Gasteiger partial charge < -0.3 is 10.6 Å². The van der Waals surface area contributed by atoms with Gasteiger partial charge in [-0.05, 0) is 43.7 Å². The van der Waals surface area contributed by atoms with Gasteiger partial charge in [-0.15, -0.1) is 0 Å². The Hall–Kier alpha value is -2.14. The summed E-state index contributed by atoms with van der Waals surface area (Å²) in [5.41, 5.74) is 1.75. The molecule has 2 N–H and O–H groups in total. The predicted molar refractivity (Wildman–Crippen MR) is 89.5 cm³/mol. The molecule has 0 saturated carbocycles. The Morgan fingerprint density at radius 1 is 1.22 bits per heavy atom. The van der Waals surface area contributed by atoms with Crippen LogP contribution in [0, 0.1) is 5.92 Å². The van der Waals surface area contributed by atoms with Gasteiger partial charge in [-0.2, -0.15) is 5.10 Å². The first-order valence-electron chi connectivity index (χ1n) is 8.42. The highest BCUT2D eigenvalue weighted by atomic mass is 16.1. The lowest BCUT2D eigenvalue weighted by molar-refractivity contribution is -0.117. The molecule has 0 radical (unpaired) electrons. The lowest BCUT2D eigenvalue weighted by atomic mass is 9.89. The molecule has 1 aromatic heterocycles. The van der Waals surface area contributed by atoms with Gasteiger partial charge in [0.2, 0.25) is 5.91 Å². The van der Waals surface area contributed by atoms with Crippen LogP contribution in [0.2, 0.25) is 0 Å². The molecule has 23 heavy (non-hydrogen) atoms. The monoisotopic (exact) mass is 310 g/mol. The van der Waals surface area contributed by atoms with Crippen LogP contribution < -0.4 is 10.6 Å². The average molecular weight is 310 g/mol. The number of piperidine rings is 1. The van der Waals surface area contributed by atoms with E-state index < -0.39 is 0 Å². The minimum Gasteiger partial charge on any atom is -0.323 e. The summed E-state index contributed by atoms with van der Waals surface area (Å²) in [6.07, 6.45) is 8.99. The second kappa shape index (κ2) is 6.16. The Morgan fingerprint density at radius 2 is 1.96 bits per heavy atom. The summed E-state index contributed by atoms with van der Waals surface area (Å²) < 4.78 is 1.78. The SMILES string of the molecule is O=C(CC1CC2CCC(C1)N2)Nc1cnn(-c2ccccc2)c1. The standard InChI is InChI=1S/C18H22N4O/c23-18(10-13-8-14-6-7-15(9-13)20-14)21-16-11-19-22(12-16)17-4-2-1-3-5-17/h1-5,11-15,20H,6-10H2,(H,21,23). The van der Waals surface area contributed by atoms with Crippen molar-refractivity contribution in [2.24, 2.45) is 5.92 Å². The molecule has 120 valence electrons. The summed E-state index contributed by atoms with van der Waals surface area (Å²) in [6.45, 7) is 0. The molecule has 2 aliphatic heterocycles. The molecule has 2 saturated heterocycles. The van der Waals surface area contributed by atoms with Crippen molar-refractivity contribution in [3.8, 4) is 5.69 Å². The first kappa shape index (κ1) is 14.5. The third-order valence-corrected chi connectivity index (χ3v) is 4.93. The van der Waals surface area contributed by atoms with Crippen LogP contribution >= 0.6 is 0 Å². The van der Waals surface area contributed by atoms with Crippen molar-refractivity contribution in [3.05, 3.63) is 42.7 Å². The highest BCUT2D eigenvalue weighted by molar-refractivity contribution is 5.90. The van der Waals surface area contributed by atoms with Crippen molar-refractivity contribution >= 4 is 11.6 Å². The Bertz CT molecular complexity index is 669. The number of carbonyl (C=O) groups is 1. The zero-order chi connectivity index (χ0) is 15.6. The van der Waals surface area contributed by atoms with Crippen LogP contribution in [0.25, 0.3) is 5.69 Å². The molecule has 2 aromatic rings. The third-order valence-electron chi connectivity index (χ3n) is 4.93. The Morgan fingerprint density at radius 3 is 2.70 bits per heavy atom. The van der Waals surface area contributed by atoms with Crippen LogP contribution in [-0.2, 0) is 4.79 Å². The number of fused-ring (bicyclic) bond motifs is 2. The van der Waals surface area contributed by atoms with Gasteiger partial charge in [0.1, 0.15) is 0 Å². The van der Waals surface area contributed by atoms with E-state index in [1.165, 1.54) is 12.8 Å². The van der Waals surface area contributed by atoms with E-state index in [0.29, 0.717) is 24.4 Å². The first-order chi connectivity index (χ1) is 11.3. The maximum atomic E-state index is 12.3. The molecule has 0 aliphatic carbocycles. The molecular weight excluding hydrogens is 288 g/mol. The summed E-state index contributed by atoms with van der Waals surface area (Å²) in [5, 5.41) is 10.9. The minimum atomic E-state index is 0.101. The Kier molecular flexibility index (Phi) is 3.87. The van der Waals surface area contributed by atoms with Crippen LogP contribution in [0.4, 0.5) is 5.69 Å². The van der Waals surface area contributed by atoms with E-state index in [2.05, 4.69) is 15.7 Å². The van der Waals surface area contributed by atoms with Crippen LogP contribution in [0.3, 0.4) is 0 Å². The van der Waals surface area contributed by atoms with Gasteiger partial charge >= 0.3 is 0 Å². The largest absolute Gasteiger partial charge is 0.323 e. The van der Waals surface area contributed by atoms with Gasteiger partial charge in [-0.25, -0.2) is 4.68 Å².